The van der Waals surface area contributed by atoms with Gasteiger partial charge in [0.05, 0.1) is 6.61 Å². The van der Waals surface area contributed by atoms with Gasteiger partial charge in [-0.3, -0.25) is 9.59 Å². The summed E-state index contributed by atoms with van der Waals surface area (Å²) < 4.78 is 4.64. The van der Waals surface area contributed by atoms with Crippen LogP contribution in [0.2, 0.25) is 0 Å². The fourth-order valence-electron chi connectivity index (χ4n) is 1.03. The van der Waals surface area contributed by atoms with Crippen LogP contribution >= 0.6 is 0 Å². The van der Waals surface area contributed by atoms with Crippen LogP contribution in [0.5, 0.6) is 0 Å². The van der Waals surface area contributed by atoms with Crippen LogP contribution in [0, 0.1) is 5.92 Å². The van der Waals surface area contributed by atoms with Crippen molar-refractivity contribution in [1.29, 1.82) is 0 Å². The Labute approximate surface area is 65.0 Å². The first-order chi connectivity index (χ1) is 5.25. The molecule has 1 heterocycles. The second-order valence-electron chi connectivity index (χ2n) is 2.41. The second kappa shape index (κ2) is 3.32. The number of rotatable bonds is 2. The van der Waals surface area contributed by atoms with Gasteiger partial charge in [-0.25, -0.2) is 0 Å². The van der Waals surface area contributed by atoms with E-state index in [0.29, 0.717) is 13.0 Å². The molecule has 0 radical (unpaired) electrons. The maximum absolute atomic E-state index is 11.1. The van der Waals surface area contributed by atoms with E-state index in [1.807, 2.05) is 0 Å². The summed E-state index contributed by atoms with van der Waals surface area (Å²) in [6.07, 6.45) is 3.58. The zero-order valence-electron chi connectivity index (χ0n) is 6.37. The fraction of sp³-hybridized carbons (Fsp3) is 0.500. The Kier molecular flexibility index (Phi) is 2.41. The average molecular weight is 154 g/mol. The molecule has 0 aromatic rings. The predicted octanol–water partition coefficient (Wildman–Crippen LogP) is 0.695. The van der Waals surface area contributed by atoms with Crippen molar-refractivity contribution >= 4 is 11.8 Å². The smallest absolute Gasteiger partial charge is 0.316 e. The van der Waals surface area contributed by atoms with Crippen LogP contribution in [-0.2, 0) is 14.3 Å². The van der Waals surface area contributed by atoms with Crippen LogP contribution in [0.25, 0.3) is 0 Å². The van der Waals surface area contributed by atoms with Crippen LogP contribution in [0.3, 0.4) is 0 Å². The number of carbonyl (C=O) groups is 2. The summed E-state index contributed by atoms with van der Waals surface area (Å²) in [5.74, 6) is -1.06. The van der Waals surface area contributed by atoms with Crippen molar-refractivity contribution in [2.75, 3.05) is 6.61 Å². The van der Waals surface area contributed by atoms with Gasteiger partial charge in [-0.1, -0.05) is 6.08 Å². The predicted molar refractivity (Wildman–Crippen MR) is 38.9 cm³/mol. The molecular weight excluding hydrogens is 144 g/mol. The quantitative estimate of drug-likeness (QED) is 0.334. The molecule has 1 aliphatic heterocycles. The van der Waals surface area contributed by atoms with E-state index in [1.54, 1.807) is 13.0 Å². The van der Waals surface area contributed by atoms with Crippen LogP contribution in [0.1, 0.15) is 13.3 Å². The molecule has 3 nitrogen and oxygen atoms in total. The van der Waals surface area contributed by atoms with Gasteiger partial charge in [-0.15, -0.1) is 0 Å². The molecule has 0 aromatic carbocycles. The molecule has 0 saturated carbocycles. The van der Waals surface area contributed by atoms with Crippen LogP contribution in [-0.4, -0.2) is 18.4 Å². The first kappa shape index (κ1) is 7.98. The molecule has 1 atom stereocenters. The van der Waals surface area contributed by atoms with Gasteiger partial charge in [0, 0.05) is 6.42 Å². The highest BCUT2D eigenvalue weighted by atomic mass is 16.5. The van der Waals surface area contributed by atoms with Gasteiger partial charge < -0.3 is 4.74 Å². The maximum atomic E-state index is 11.1. The SMILES string of the molecule is C/C=C/C(=O)C1CCOC1=O. The lowest BCUT2D eigenvalue weighted by Crippen LogP contribution is -2.16. The zero-order chi connectivity index (χ0) is 8.27. The van der Waals surface area contributed by atoms with E-state index in [2.05, 4.69) is 4.74 Å². The first-order valence-corrected chi connectivity index (χ1v) is 3.59. The van der Waals surface area contributed by atoms with E-state index in [-0.39, 0.29) is 11.8 Å². The van der Waals surface area contributed by atoms with Crippen molar-refractivity contribution in [2.45, 2.75) is 13.3 Å². The molecule has 1 rings (SSSR count). The lowest BCUT2D eigenvalue weighted by Gasteiger charge is -1.97. The third kappa shape index (κ3) is 1.67. The number of hydrogen-bond donors (Lipinski definition) is 0. The summed E-state index contributed by atoms with van der Waals surface area (Å²) in [4.78, 5) is 21.9. The van der Waals surface area contributed by atoms with Gasteiger partial charge in [0.25, 0.3) is 0 Å². The monoisotopic (exact) mass is 154 g/mol. The summed E-state index contributed by atoms with van der Waals surface area (Å²) in [5.41, 5.74) is 0. The molecule has 1 aliphatic rings. The topological polar surface area (TPSA) is 43.4 Å². The molecule has 0 aliphatic carbocycles. The Morgan fingerprint density at radius 1 is 1.73 bits per heavy atom. The number of allylic oxidation sites excluding steroid dienone is 2. The third-order valence-electron chi connectivity index (χ3n) is 1.61. The van der Waals surface area contributed by atoms with Gasteiger partial charge >= 0.3 is 5.97 Å². The zero-order valence-corrected chi connectivity index (χ0v) is 6.37. The minimum Gasteiger partial charge on any atom is -0.465 e. The van der Waals surface area contributed by atoms with Crippen molar-refractivity contribution in [3.63, 3.8) is 0 Å². The molecule has 11 heavy (non-hydrogen) atoms. The summed E-state index contributed by atoms with van der Waals surface area (Å²) in [6.45, 7) is 2.13. The fourth-order valence-corrected chi connectivity index (χ4v) is 1.03. The molecular formula is C8H10O3. The van der Waals surface area contributed by atoms with Crippen molar-refractivity contribution in [3.05, 3.63) is 12.2 Å². The lowest BCUT2D eigenvalue weighted by atomic mass is 10.0. The molecule has 0 N–H and O–H groups in total. The van der Waals surface area contributed by atoms with Gasteiger partial charge in [-0.2, -0.15) is 0 Å². The molecule has 3 heteroatoms. The summed E-state index contributed by atoms with van der Waals surface area (Å²) >= 11 is 0. The standard InChI is InChI=1S/C8H10O3/c1-2-3-7(9)6-4-5-11-8(6)10/h2-3,6H,4-5H2,1H3/b3-2+. The number of hydrogen-bond acceptors (Lipinski definition) is 3. The van der Waals surface area contributed by atoms with E-state index in [0.717, 1.165) is 0 Å². The second-order valence-corrected chi connectivity index (χ2v) is 2.41. The van der Waals surface area contributed by atoms with Crippen LogP contribution in [0.15, 0.2) is 12.2 Å². The first-order valence-electron chi connectivity index (χ1n) is 3.59. The normalized spacial score (nSPS) is 24.1. The highest BCUT2D eigenvalue weighted by Gasteiger charge is 2.31. The number of esters is 1. The van der Waals surface area contributed by atoms with Gasteiger partial charge in [0.2, 0.25) is 0 Å². The van der Waals surface area contributed by atoms with E-state index >= 15 is 0 Å². The average Bonchev–Trinajstić information content (AvgIpc) is 2.36. The summed E-state index contributed by atoms with van der Waals surface area (Å²) in [5, 5.41) is 0. The summed E-state index contributed by atoms with van der Waals surface area (Å²) in [6, 6.07) is 0. The van der Waals surface area contributed by atoms with Crippen molar-refractivity contribution in [3.8, 4) is 0 Å². The number of carbonyl (C=O) groups excluding carboxylic acids is 2. The molecule has 1 fully saturated rings. The van der Waals surface area contributed by atoms with E-state index < -0.39 is 5.92 Å². The number of ketones is 1. The molecule has 0 bridgehead atoms. The molecule has 1 unspecified atom stereocenters. The van der Waals surface area contributed by atoms with Crippen molar-refractivity contribution in [1.82, 2.24) is 0 Å². The molecule has 0 amide bonds. The highest BCUT2D eigenvalue weighted by Crippen LogP contribution is 2.15. The summed E-state index contributed by atoms with van der Waals surface area (Å²) in [7, 11) is 0. The minimum atomic E-state index is -0.536. The Morgan fingerprint density at radius 2 is 2.45 bits per heavy atom. The lowest BCUT2D eigenvalue weighted by molar-refractivity contribution is -0.143. The maximum Gasteiger partial charge on any atom is 0.316 e. The minimum absolute atomic E-state index is 0.144. The number of cyclic esters (lactones) is 1. The van der Waals surface area contributed by atoms with Gasteiger partial charge in [0.15, 0.2) is 5.78 Å². The van der Waals surface area contributed by atoms with E-state index in [9.17, 15) is 9.59 Å². The van der Waals surface area contributed by atoms with Gasteiger partial charge in [0.1, 0.15) is 5.92 Å². The van der Waals surface area contributed by atoms with Gasteiger partial charge in [-0.05, 0) is 13.0 Å². The van der Waals surface area contributed by atoms with Crippen molar-refractivity contribution in [2.24, 2.45) is 5.92 Å². The molecule has 60 valence electrons. The van der Waals surface area contributed by atoms with E-state index in [1.165, 1.54) is 6.08 Å². The highest BCUT2D eigenvalue weighted by molar-refractivity contribution is 6.05. The Morgan fingerprint density at radius 3 is 2.91 bits per heavy atom. The Balaban J connectivity index is 2.59. The van der Waals surface area contributed by atoms with Crippen LogP contribution in [0.4, 0.5) is 0 Å². The Bertz CT molecular complexity index is 205. The van der Waals surface area contributed by atoms with Crippen LogP contribution < -0.4 is 0 Å². The Hall–Kier alpha value is -1.12. The van der Waals surface area contributed by atoms with E-state index in [4.69, 9.17) is 0 Å². The largest absolute Gasteiger partial charge is 0.465 e. The molecule has 0 aromatic heterocycles. The number of ether oxygens (including phenoxy) is 1. The molecule has 1 saturated heterocycles. The molecule has 0 spiro atoms. The van der Waals surface area contributed by atoms with Crippen molar-refractivity contribution < 1.29 is 14.3 Å². The third-order valence-corrected chi connectivity index (χ3v) is 1.61.